The fourth-order valence-corrected chi connectivity index (χ4v) is 2.46. The Bertz CT molecular complexity index is 795. The molecular weight excluding hydrogens is 393 g/mol. The topological polar surface area (TPSA) is 73.9 Å². The van der Waals surface area contributed by atoms with E-state index in [-0.39, 0.29) is 12.6 Å². The fourth-order valence-electron chi connectivity index (χ4n) is 2.15. The van der Waals surface area contributed by atoms with Gasteiger partial charge in [-0.2, -0.15) is 0 Å². The number of nitrogens with one attached hydrogen (secondary N) is 1. The Morgan fingerprint density at radius 2 is 1.67 bits per heavy atom. The van der Waals surface area contributed by atoms with E-state index < -0.39 is 18.5 Å². The van der Waals surface area contributed by atoms with Crippen molar-refractivity contribution >= 4 is 35.1 Å². The molecule has 0 unspecified atom stereocenters. The Balaban J connectivity index is 1.73. The van der Waals surface area contributed by atoms with Gasteiger partial charge in [-0.25, -0.2) is 4.79 Å². The third-order valence-corrected chi connectivity index (χ3v) is 4.34. The first-order valence-electron chi connectivity index (χ1n) is 8.06. The van der Waals surface area contributed by atoms with E-state index in [4.69, 9.17) is 37.4 Å². The molecule has 27 heavy (non-hydrogen) atoms. The summed E-state index contributed by atoms with van der Waals surface area (Å²) in [6, 6.07) is 11.5. The van der Waals surface area contributed by atoms with Crippen molar-refractivity contribution in [3.05, 3.63) is 58.1 Å². The molecule has 2 aromatic carbocycles. The van der Waals surface area contributed by atoms with Crippen molar-refractivity contribution < 1.29 is 23.8 Å². The number of methoxy groups -OCH3 is 1. The van der Waals surface area contributed by atoms with Gasteiger partial charge in [-0.05, 0) is 48.9 Å². The Morgan fingerprint density at radius 3 is 2.30 bits per heavy atom. The number of halogens is 2. The van der Waals surface area contributed by atoms with E-state index in [1.807, 2.05) is 0 Å². The molecule has 8 heteroatoms. The Morgan fingerprint density at radius 1 is 1.00 bits per heavy atom. The first kappa shape index (κ1) is 20.9. The van der Waals surface area contributed by atoms with Gasteiger partial charge >= 0.3 is 5.97 Å². The highest BCUT2D eigenvalue weighted by atomic mass is 35.5. The first-order chi connectivity index (χ1) is 12.9. The maximum Gasteiger partial charge on any atom is 0.344 e. The lowest BCUT2D eigenvalue weighted by Crippen LogP contribution is -2.31. The van der Waals surface area contributed by atoms with Gasteiger partial charge in [-0.15, -0.1) is 0 Å². The van der Waals surface area contributed by atoms with Gasteiger partial charge in [0.15, 0.2) is 13.2 Å². The summed E-state index contributed by atoms with van der Waals surface area (Å²) in [5.74, 6) is 0.0812. The second-order valence-electron chi connectivity index (χ2n) is 5.59. The molecule has 0 aromatic heterocycles. The van der Waals surface area contributed by atoms with Crippen LogP contribution in [0.4, 0.5) is 0 Å². The van der Waals surface area contributed by atoms with Crippen LogP contribution in [0.5, 0.6) is 11.5 Å². The minimum Gasteiger partial charge on any atom is -0.497 e. The molecule has 2 aromatic rings. The molecule has 0 aliphatic heterocycles. The minimum absolute atomic E-state index is 0.304. The van der Waals surface area contributed by atoms with Crippen LogP contribution in [0.3, 0.4) is 0 Å². The Hall–Kier alpha value is -2.44. The van der Waals surface area contributed by atoms with Gasteiger partial charge in [0.05, 0.1) is 23.2 Å². The number of carbonyl (C=O) groups is 2. The predicted octanol–water partition coefficient (Wildman–Crippen LogP) is 3.80. The zero-order valence-corrected chi connectivity index (χ0v) is 16.3. The van der Waals surface area contributed by atoms with Gasteiger partial charge in [0.1, 0.15) is 11.5 Å². The highest BCUT2D eigenvalue weighted by Gasteiger charge is 2.13. The first-order valence-corrected chi connectivity index (χ1v) is 8.81. The molecule has 0 radical (unpaired) electrons. The number of hydrogen-bond acceptors (Lipinski definition) is 5. The van der Waals surface area contributed by atoms with E-state index in [0.29, 0.717) is 21.5 Å². The second kappa shape index (κ2) is 10.0. The van der Waals surface area contributed by atoms with E-state index in [1.54, 1.807) is 56.5 Å². The van der Waals surface area contributed by atoms with E-state index in [9.17, 15) is 9.59 Å². The van der Waals surface area contributed by atoms with Gasteiger partial charge in [-0.1, -0.05) is 29.3 Å². The maximum absolute atomic E-state index is 11.9. The highest BCUT2D eigenvalue weighted by Crippen LogP contribution is 2.25. The number of rotatable bonds is 8. The summed E-state index contributed by atoms with van der Waals surface area (Å²) in [6.45, 7) is 1.07. The van der Waals surface area contributed by atoms with Crippen LogP contribution in [-0.4, -0.2) is 32.2 Å². The zero-order valence-electron chi connectivity index (χ0n) is 14.8. The van der Waals surface area contributed by atoms with Crippen molar-refractivity contribution in [2.45, 2.75) is 13.0 Å². The average Bonchev–Trinajstić information content (AvgIpc) is 2.67. The van der Waals surface area contributed by atoms with Crippen molar-refractivity contribution in [1.29, 1.82) is 0 Å². The number of esters is 1. The molecule has 0 spiro atoms. The normalized spacial score (nSPS) is 11.4. The standard InChI is InChI=1S/C19H19Cl2NO5/c1-12(13-3-8-16(20)17(21)9-13)22-18(23)10-27-19(24)11-26-15-6-4-14(25-2)5-7-15/h3-9,12H,10-11H2,1-2H3,(H,22,23)/t12-/m0/s1. The summed E-state index contributed by atoms with van der Waals surface area (Å²) < 4.78 is 15.2. The Labute approximate surface area is 167 Å². The summed E-state index contributed by atoms with van der Waals surface area (Å²) >= 11 is 11.8. The van der Waals surface area contributed by atoms with Gasteiger partial charge < -0.3 is 19.5 Å². The van der Waals surface area contributed by atoms with Crippen LogP contribution < -0.4 is 14.8 Å². The molecule has 0 saturated heterocycles. The number of benzene rings is 2. The lowest BCUT2D eigenvalue weighted by Gasteiger charge is -2.15. The fraction of sp³-hybridized carbons (Fsp3) is 0.263. The van der Waals surface area contributed by atoms with Crippen molar-refractivity contribution in [2.24, 2.45) is 0 Å². The van der Waals surface area contributed by atoms with Crippen LogP contribution in [-0.2, 0) is 14.3 Å². The molecule has 0 heterocycles. The lowest BCUT2D eigenvalue weighted by atomic mass is 10.1. The molecule has 1 N–H and O–H groups in total. The van der Waals surface area contributed by atoms with Crippen LogP contribution in [0.2, 0.25) is 10.0 Å². The SMILES string of the molecule is COc1ccc(OCC(=O)OCC(=O)N[C@@H](C)c2ccc(Cl)c(Cl)c2)cc1. The van der Waals surface area contributed by atoms with Gasteiger partial charge in [-0.3, -0.25) is 4.79 Å². The van der Waals surface area contributed by atoms with Crippen LogP contribution in [0.15, 0.2) is 42.5 Å². The predicted molar refractivity (Wildman–Crippen MR) is 102 cm³/mol. The molecule has 1 atom stereocenters. The summed E-state index contributed by atoms with van der Waals surface area (Å²) in [6.07, 6.45) is 0. The molecule has 2 rings (SSSR count). The lowest BCUT2D eigenvalue weighted by molar-refractivity contribution is -0.150. The monoisotopic (exact) mass is 411 g/mol. The van der Waals surface area contributed by atoms with Crippen molar-refractivity contribution in [3.8, 4) is 11.5 Å². The molecule has 144 valence electrons. The Kier molecular flexibility index (Phi) is 7.76. The molecule has 0 saturated carbocycles. The van der Waals surface area contributed by atoms with Crippen LogP contribution in [0, 0.1) is 0 Å². The summed E-state index contributed by atoms with van der Waals surface area (Å²) in [5, 5.41) is 3.55. The van der Waals surface area contributed by atoms with Gasteiger partial charge in [0, 0.05) is 0 Å². The molecule has 0 bridgehead atoms. The summed E-state index contributed by atoms with van der Waals surface area (Å²) in [5.41, 5.74) is 0.784. The van der Waals surface area contributed by atoms with Crippen molar-refractivity contribution in [1.82, 2.24) is 5.32 Å². The molecule has 0 aliphatic rings. The van der Waals surface area contributed by atoms with Crippen molar-refractivity contribution in [2.75, 3.05) is 20.3 Å². The maximum atomic E-state index is 11.9. The van der Waals surface area contributed by atoms with Crippen LogP contribution in [0.25, 0.3) is 0 Å². The second-order valence-corrected chi connectivity index (χ2v) is 6.40. The van der Waals surface area contributed by atoms with E-state index >= 15 is 0 Å². The average molecular weight is 412 g/mol. The third kappa shape index (κ3) is 6.66. The van der Waals surface area contributed by atoms with Crippen LogP contribution >= 0.6 is 23.2 Å². The quantitative estimate of drug-likeness (QED) is 0.668. The third-order valence-electron chi connectivity index (χ3n) is 3.60. The van der Waals surface area contributed by atoms with Crippen molar-refractivity contribution in [3.63, 3.8) is 0 Å². The highest BCUT2D eigenvalue weighted by molar-refractivity contribution is 6.42. The smallest absolute Gasteiger partial charge is 0.344 e. The van der Waals surface area contributed by atoms with Crippen LogP contribution in [0.1, 0.15) is 18.5 Å². The number of ether oxygens (including phenoxy) is 3. The van der Waals surface area contributed by atoms with E-state index in [1.165, 1.54) is 0 Å². The van der Waals surface area contributed by atoms with Gasteiger partial charge in [0.25, 0.3) is 5.91 Å². The summed E-state index contributed by atoms with van der Waals surface area (Å²) in [4.78, 5) is 23.6. The molecule has 0 aliphatic carbocycles. The number of hydrogen-bond donors (Lipinski definition) is 1. The number of amides is 1. The van der Waals surface area contributed by atoms with Gasteiger partial charge in [0.2, 0.25) is 0 Å². The number of carbonyl (C=O) groups excluding carboxylic acids is 2. The zero-order chi connectivity index (χ0) is 19.8. The van der Waals surface area contributed by atoms with E-state index in [2.05, 4.69) is 5.32 Å². The summed E-state index contributed by atoms with van der Waals surface area (Å²) in [7, 11) is 1.56. The molecule has 0 fully saturated rings. The minimum atomic E-state index is -0.650. The van der Waals surface area contributed by atoms with E-state index in [0.717, 1.165) is 5.56 Å². The molecule has 6 nitrogen and oxygen atoms in total. The molecule has 1 amide bonds. The molecular formula is C19H19Cl2NO5. The largest absolute Gasteiger partial charge is 0.497 e.